The van der Waals surface area contributed by atoms with E-state index < -0.39 is 0 Å². The lowest BCUT2D eigenvalue weighted by Gasteiger charge is -2.41. The van der Waals surface area contributed by atoms with Gasteiger partial charge in [0.15, 0.2) is 0 Å². The highest BCUT2D eigenvalue weighted by Gasteiger charge is 2.31. The first-order valence-corrected chi connectivity index (χ1v) is 8.91. The molecule has 25 heavy (non-hydrogen) atoms. The van der Waals surface area contributed by atoms with Crippen molar-refractivity contribution in [1.82, 2.24) is 25.1 Å². The Labute approximate surface area is 146 Å². The van der Waals surface area contributed by atoms with Crippen LogP contribution in [0.3, 0.4) is 0 Å². The van der Waals surface area contributed by atoms with Gasteiger partial charge in [-0.3, -0.25) is 9.59 Å². The lowest BCUT2D eigenvalue weighted by molar-refractivity contribution is -0.140. The molecule has 0 bridgehead atoms. The van der Waals surface area contributed by atoms with Crippen molar-refractivity contribution in [2.45, 2.75) is 25.3 Å². The maximum Gasteiger partial charge on any atom is 0.236 e. The van der Waals surface area contributed by atoms with Gasteiger partial charge in [0.25, 0.3) is 0 Å². The lowest BCUT2D eigenvalue weighted by atomic mass is 10.0. The third-order valence-corrected chi connectivity index (χ3v) is 5.19. The Morgan fingerprint density at radius 3 is 3.16 bits per heavy atom. The number of aromatic amines is 1. The van der Waals surface area contributed by atoms with Gasteiger partial charge in [0, 0.05) is 50.0 Å². The minimum atomic E-state index is 0.122. The summed E-state index contributed by atoms with van der Waals surface area (Å²) in [4.78, 5) is 36.2. The first-order chi connectivity index (χ1) is 12.2. The molecule has 2 aromatic heterocycles. The maximum atomic E-state index is 12.8. The van der Waals surface area contributed by atoms with Gasteiger partial charge in [0.05, 0.1) is 13.0 Å². The van der Waals surface area contributed by atoms with Crippen molar-refractivity contribution in [1.29, 1.82) is 0 Å². The molecule has 7 nitrogen and oxygen atoms in total. The van der Waals surface area contributed by atoms with Crippen molar-refractivity contribution >= 4 is 22.8 Å². The molecule has 7 heteroatoms. The molecule has 4 heterocycles. The monoisotopic (exact) mass is 341 g/mol. The highest BCUT2D eigenvalue weighted by atomic mass is 16.2. The minimum Gasteiger partial charge on any atom is -0.346 e. The number of likely N-dealkylation sites (tertiary alicyclic amines) is 1. The van der Waals surface area contributed by atoms with Crippen LogP contribution in [0.4, 0.5) is 0 Å². The van der Waals surface area contributed by atoms with Gasteiger partial charge in [-0.25, -0.2) is 4.98 Å². The fourth-order valence-electron chi connectivity index (χ4n) is 3.88. The molecule has 132 valence electrons. The van der Waals surface area contributed by atoms with Gasteiger partial charge in [-0.2, -0.15) is 0 Å². The van der Waals surface area contributed by atoms with Gasteiger partial charge in [-0.15, -0.1) is 0 Å². The van der Waals surface area contributed by atoms with Crippen molar-refractivity contribution in [3.8, 4) is 0 Å². The van der Waals surface area contributed by atoms with Crippen LogP contribution < -0.4 is 5.32 Å². The van der Waals surface area contributed by atoms with E-state index in [9.17, 15) is 9.59 Å². The lowest BCUT2D eigenvalue weighted by Crippen LogP contribution is -2.57. The SMILES string of the molecule is O=C(Cc1c[nH]c2ncccc12)N1CCCC(N2CCNCC2=O)C1. The van der Waals surface area contributed by atoms with Gasteiger partial charge in [0.1, 0.15) is 5.65 Å². The Bertz CT molecular complexity index is 787. The maximum absolute atomic E-state index is 12.8. The van der Waals surface area contributed by atoms with E-state index in [0.717, 1.165) is 49.1 Å². The fourth-order valence-corrected chi connectivity index (χ4v) is 3.88. The first-order valence-electron chi connectivity index (χ1n) is 8.91. The number of nitrogens with zero attached hydrogens (tertiary/aromatic N) is 3. The number of hydrogen-bond donors (Lipinski definition) is 2. The average Bonchev–Trinajstić information content (AvgIpc) is 3.05. The summed E-state index contributed by atoms with van der Waals surface area (Å²) in [5, 5.41) is 4.10. The summed E-state index contributed by atoms with van der Waals surface area (Å²) < 4.78 is 0. The second-order valence-corrected chi connectivity index (χ2v) is 6.79. The Kier molecular flexibility index (Phi) is 4.40. The number of piperidine rings is 1. The van der Waals surface area contributed by atoms with E-state index in [-0.39, 0.29) is 17.9 Å². The number of amides is 2. The van der Waals surface area contributed by atoms with Crippen LogP contribution in [0, 0.1) is 0 Å². The van der Waals surface area contributed by atoms with E-state index in [1.165, 1.54) is 0 Å². The van der Waals surface area contributed by atoms with Crippen molar-refractivity contribution in [3.63, 3.8) is 0 Å². The summed E-state index contributed by atoms with van der Waals surface area (Å²) in [6.45, 7) is 3.40. The third kappa shape index (κ3) is 3.24. The zero-order valence-corrected chi connectivity index (χ0v) is 14.2. The number of carbonyl (C=O) groups excluding carboxylic acids is 2. The quantitative estimate of drug-likeness (QED) is 0.853. The van der Waals surface area contributed by atoms with Crippen LogP contribution >= 0.6 is 0 Å². The topological polar surface area (TPSA) is 81.3 Å². The third-order valence-electron chi connectivity index (χ3n) is 5.19. The molecule has 4 rings (SSSR count). The molecule has 2 saturated heterocycles. The predicted octanol–water partition coefficient (Wildman–Crippen LogP) is 0.528. The molecule has 2 aliphatic rings. The highest BCUT2D eigenvalue weighted by Crippen LogP contribution is 2.20. The van der Waals surface area contributed by atoms with E-state index in [4.69, 9.17) is 0 Å². The first kappa shape index (κ1) is 16.1. The second-order valence-electron chi connectivity index (χ2n) is 6.79. The molecular weight excluding hydrogens is 318 g/mol. The molecule has 0 saturated carbocycles. The van der Waals surface area contributed by atoms with E-state index in [0.29, 0.717) is 19.5 Å². The van der Waals surface area contributed by atoms with Gasteiger partial charge in [-0.05, 0) is 30.5 Å². The highest BCUT2D eigenvalue weighted by molar-refractivity contribution is 5.87. The van der Waals surface area contributed by atoms with Crippen molar-refractivity contribution < 1.29 is 9.59 Å². The molecule has 0 spiro atoms. The van der Waals surface area contributed by atoms with Crippen LogP contribution in [0.25, 0.3) is 11.0 Å². The number of pyridine rings is 1. The summed E-state index contributed by atoms with van der Waals surface area (Å²) in [7, 11) is 0. The van der Waals surface area contributed by atoms with Crippen molar-refractivity contribution in [2.75, 3.05) is 32.7 Å². The van der Waals surface area contributed by atoms with Crippen LogP contribution in [-0.4, -0.2) is 70.3 Å². The Hall–Kier alpha value is -2.41. The smallest absolute Gasteiger partial charge is 0.236 e. The van der Waals surface area contributed by atoms with Crippen LogP contribution in [0.2, 0.25) is 0 Å². The molecule has 2 aliphatic heterocycles. The van der Waals surface area contributed by atoms with Gasteiger partial charge in [-0.1, -0.05) is 0 Å². The second kappa shape index (κ2) is 6.84. The predicted molar refractivity (Wildman–Crippen MR) is 94.0 cm³/mol. The number of rotatable bonds is 3. The number of hydrogen-bond acceptors (Lipinski definition) is 4. The van der Waals surface area contributed by atoms with E-state index in [2.05, 4.69) is 15.3 Å². The molecule has 0 aliphatic carbocycles. The van der Waals surface area contributed by atoms with E-state index in [1.807, 2.05) is 28.1 Å². The van der Waals surface area contributed by atoms with Gasteiger partial charge < -0.3 is 20.1 Å². The fraction of sp³-hybridized carbons (Fsp3) is 0.500. The molecule has 2 N–H and O–H groups in total. The van der Waals surface area contributed by atoms with Crippen LogP contribution in [0.5, 0.6) is 0 Å². The summed E-state index contributed by atoms with van der Waals surface area (Å²) in [5.74, 6) is 0.269. The molecule has 0 aromatic carbocycles. The van der Waals surface area contributed by atoms with Gasteiger partial charge >= 0.3 is 0 Å². The van der Waals surface area contributed by atoms with Gasteiger partial charge in [0.2, 0.25) is 11.8 Å². The summed E-state index contributed by atoms with van der Waals surface area (Å²) in [5.41, 5.74) is 1.79. The number of piperazine rings is 1. The Balaban J connectivity index is 1.44. The van der Waals surface area contributed by atoms with Crippen molar-refractivity contribution in [2.24, 2.45) is 0 Å². The van der Waals surface area contributed by atoms with Crippen LogP contribution in [-0.2, 0) is 16.0 Å². The Morgan fingerprint density at radius 2 is 2.28 bits per heavy atom. The molecule has 2 aromatic rings. The standard InChI is InChI=1S/C18H23N5O2/c24-16(9-13-10-21-18-15(13)4-1-5-20-18)22-7-2-3-14(12-22)23-8-6-19-11-17(23)25/h1,4-5,10,14,19H,2-3,6-9,11-12H2,(H,20,21). The molecule has 2 amide bonds. The zero-order valence-electron chi connectivity index (χ0n) is 14.2. The summed E-state index contributed by atoms with van der Waals surface area (Å²) in [6.07, 6.45) is 5.91. The number of H-pyrrole nitrogens is 1. The molecular formula is C18H23N5O2. The molecule has 2 fully saturated rings. The summed E-state index contributed by atoms with van der Waals surface area (Å²) >= 11 is 0. The largest absolute Gasteiger partial charge is 0.346 e. The Morgan fingerprint density at radius 1 is 1.36 bits per heavy atom. The molecule has 1 unspecified atom stereocenters. The number of carbonyl (C=O) groups is 2. The normalized spacial score (nSPS) is 21.8. The van der Waals surface area contributed by atoms with E-state index in [1.54, 1.807) is 6.20 Å². The van der Waals surface area contributed by atoms with Crippen molar-refractivity contribution in [3.05, 3.63) is 30.1 Å². The average molecular weight is 341 g/mol. The van der Waals surface area contributed by atoms with Crippen LogP contribution in [0.1, 0.15) is 18.4 Å². The zero-order chi connectivity index (χ0) is 17.2. The number of aromatic nitrogens is 2. The number of nitrogens with one attached hydrogen (secondary N) is 2. The molecule has 0 radical (unpaired) electrons. The van der Waals surface area contributed by atoms with E-state index >= 15 is 0 Å². The van der Waals surface area contributed by atoms with Crippen LogP contribution in [0.15, 0.2) is 24.5 Å². The minimum absolute atomic E-state index is 0.122. The molecule has 1 atom stereocenters. The number of fused-ring (bicyclic) bond motifs is 1. The summed E-state index contributed by atoms with van der Waals surface area (Å²) in [6, 6.07) is 4.02.